The fourth-order valence-electron chi connectivity index (χ4n) is 2.04. The van der Waals surface area contributed by atoms with Gasteiger partial charge >= 0.3 is 11.9 Å². The molecule has 0 unspecified atom stereocenters. The van der Waals surface area contributed by atoms with Gasteiger partial charge in [-0.1, -0.05) is 0 Å². The van der Waals surface area contributed by atoms with Crippen molar-refractivity contribution in [3.63, 3.8) is 0 Å². The lowest BCUT2D eigenvalue weighted by Crippen LogP contribution is -2.31. The van der Waals surface area contributed by atoms with E-state index in [0.29, 0.717) is 23.3 Å². The molecule has 28 heavy (non-hydrogen) atoms. The first-order valence-corrected chi connectivity index (χ1v) is 8.32. The molecule has 0 spiro atoms. The van der Waals surface area contributed by atoms with Crippen LogP contribution in [-0.2, 0) is 6.18 Å². The molecule has 2 aromatic carbocycles. The number of thiocarbonyl (C=S) groups is 1. The highest BCUT2D eigenvalue weighted by Crippen LogP contribution is 2.37. The van der Waals surface area contributed by atoms with E-state index in [1.54, 1.807) is 12.1 Å². The Balaban J connectivity index is 2.12. The van der Waals surface area contributed by atoms with Crippen LogP contribution in [0.1, 0.15) is 18.1 Å². The number of nitrogens with zero attached hydrogens (tertiary/aromatic N) is 2. The Hall–Kier alpha value is -3.21. The van der Waals surface area contributed by atoms with Crippen LogP contribution in [0.2, 0.25) is 0 Å². The molecule has 0 aliphatic heterocycles. The molecule has 0 heterocycles. The van der Waals surface area contributed by atoms with Gasteiger partial charge < -0.3 is 10.1 Å². The van der Waals surface area contributed by atoms with Crippen molar-refractivity contribution in [1.82, 2.24) is 10.7 Å². The summed E-state index contributed by atoms with van der Waals surface area (Å²) in [7, 11) is 0. The number of nitro groups is 1. The van der Waals surface area contributed by atoms with Gasteiger partial charge in [0.15, 0.2) is 5.11 Å². The quantitative estimate of drug-likeness (QED) is 0.320. The number of hydrogen-bond acceptors (Lipinski definition) is 5. The van der Waals surface area contributed by atoms with Gasteiger partial charge in [-0.15, -0.1) is 0 Å². The molecule has 0 saturated carbocycles. The topological polar surface area (TPSA) is 88.8 Å². The van der Waals surface area contributed by atoms with E-state index in [0.717, 1.165) is 12.1 Å². The van der Waals surface area contributed by atoms with Gasteiger partial charge in [0.1, 0.15) is 5.75 Å². The fourth-order valence-corrected chi connectivity index (χ4v) is 2.23. The Morgan fingerprint density at radius 3 is 2.54 bits per heavy atom. The summed E-state index contributed by atoms with van der Waals surface area (Å²) >= 11 is 4.95. The summed E-state index contributed by atoms with van der Waals surface area (Å²) in [6.07, 6.45) is -3.19. The minimum atomic E-state index is -4.69. The largest absolute Gasteiger partial charge is 0.450 e. The number of alkyl halides is 3. The number of nitrogens with one attached hydrogen (secondary N) is 2. The van der Waals surface area contributed by atoms with Crippen molar-refractivity contribution >= 4 is 29.2 Å². The zero-order valence-electron chi connectivity index (χ0n) is 14.5. The van der Waals surface area contributed by atoms with Gasteiger partial charge in [-0.3, -0.25) is 15.5 Å². The molecular formula is C17H15F3N4O3S. The summed E-state index contributed by atoms with van der Waals surface area (Å²) in [6.45, 7) is 2.54. The van der Waals surface area contributed by atoms with Crippen molar-refractivity contribution in [2.24, 2.45) is 5.10 Å². The van der Waals surface area contributed by atoms with Crippen LogP contribution in [-0.4, -0.2) is 22.8 Å². The molecule has 0 fully saturated rings. The summed E-state index contributed by atoms with van der Waals surface area (Å²) in [5.41, 5.74) is 1.40. The molecule has 7 nitrogen and oxygen atoms in total. The van der Waals surface area contributed by atoms with Crippen molar-refractivity contribution in [1.29, 1.82) is 0 Å². The highest BCUT2D eigenvalue weighted by Gasteiger charge is 2.33. The molecular weight excluding hydrogens is 397 g/mol. The maximum atomic E-state index is 12.7. The maximum absolute atomic E-state index is 12.7. The van der Waals surface area contributed by atoms with Crippen LogP contribution in [0.5, 0.6) is 11.5 Å². The third-order valence-electron chi connectivity index (χ3n) is 3.31. The molecule has 2 N–H and O–H groups in total. The van der Waals surface area contributed by atoms with Crippen LogP contribution in [0, 0.1) is 10.1 Å². The Labute approximate surface area is 163 Å². The first-order chi connectivity index (χ1) is 13.2. The molecule has 0 radical (unpaired) electrons. The zero-order valence-corrected chi connectivity index (χ0v) is 15.3. The highest BCUT2D eigenvalue weighted by molar-refractivity contribution is 7.80. The highest BCUT2D eigenvalue weighted by atomic mass is 32.1. The zero-order chi connectivity index (χ0) is 20.7. The molecule has 11 heteroatoms. The predicted octanol–water partition coefficient (Wildman–Crippen LogP) is 4.22. The Morgan fingerprint density at radius 1 is 1.29 bits per heavy atom. The first-order valence-electron chi connectivity index (χ1n) is 7.91. The number of rotatable bonds is 6. The number of nitro benzene ring substituents is 1. The Bertz CT molecular complexity index is 886. The van der Waals surface area contributed by atoms with Crippen molar-refractivity contribution in [3.8, 4) is 11.5 Å². The number of benzene rings is 2. The molecule has 0 aliphatic carbocycles. The summed E-state index contributed by atoms with van der Waals surface area (Å²) in [5.74, 6) is -0.0757. The summed E-state index contributed by atoms with van der Waals surface area (Å²) in [5, 5.41) is 18.2. The van der Waals surface area contributed by atoms with E-state index in [1.165, 1.54) is 18.3 Å². The van der Waals surface area contributed by atoms with Crippen LogP contribution in [0.4, 0.5) is 18.9 Å². The average Bonchev–Trinajstić information content (AvgIpc) is 2.62. The van der Waals surface area contributed by atoms with Crippen molar-refractivity contribution < 1.29 is 22.8 Å². The van der Waals surface area contributed by atoms with E-state index in [4.69, 9.17) is 17.0 Å². The van der Waals surface area contributed by atoms with Gasteiger partial charge in [-0.05, 0) is 61.1 Å². The average molecular weight is 412 g/mol. The molecule has 0 aromatic heterocycles. The van der Waals surface area contributed by atoms with Crippen LogP contribution in [0.25, 0.3) is 0 Å². The Kier molecular flexibility index (Phi) is 6.88. The van der Waals surface area contributed by atoms with Crippen LogP contribution in [0.15, 0.2) is 47.6 Å². The monoisotopic (exact) mass is 412 g/mol. The second-order valence-electron chi connectivity index (χ2n) is 5.34. The van der Waals surface area contributed by atoms with E-state index in [9.17, 15) is 23.3 Å². The maximum Gasteiger partial charge on any atom is 0.416 e. The minimum Gasteiger partial charge on any atom is -0.450 e. The summed E-state index contributed by atoms with van der Waals surface area (Å²) < 4.78 is 43.6. The van der Waals surface area contributed by atoms with E-state index >= 15 is 0 Å². The normalized spacial score (nSPS) is 11.3. The smallest absolute Gasteiger partial charge is 0.416 e. The van der Waals surface area contributed by atoms with E-state index in [-0.39, 0.29) is 11.5 Å². The molecule has 2 aromatic rings. The van der Waals surface area contributed by atoms with E-state index in [1.807, 2.05) is 6.92 Å². The lowest BCUT2D eigenvalue weighted by molar-refractivity contribution is -0.385. The third-order valence-corrected chi connectivity index (χ3v) is 3.54. The van der Waals surface area contributed by atoms with Crippen molar-refractivity contribution in [3.05, 3.63) is 63.7 Å². The van der Waals surface area contributed by atoms with Gasteiger partial charge in [0, 0.05) is 12.6 Å². The van der Waals surface area contributed by atoms with E-state index < -0.39 is 22.4 Å². The predicted molar refractivity (Wildman–Crippen MR) is 102 cm³/mol. The van der Waals surface area contributed by atoms with Gasteiger partial charge in [0.25, 0.3) is 0 Å². The van der Waals surface area contributed by atoms with Crippen LogP contribution >= 0.6 is 12.2 Å². The molecule has 0 amide bonds. The lowest BCUT2D eigenvalue weighted by Gasteiger charge is -2.10. The minimum absolute atomic E-state index is 0.219. The molecule has 0 bridgehead atoms. The van der Waals surface area contributed by atoms with Gasteiger partial charge in [0.05, 0.1) is 16.7 Å². The van der Waals surface area contributed by atoms with Crippen molar-refractivity contribution in [2.45, 2.75) is 13.1 Å². The molecule has 0 atom stereocenters. The standard InChI is InChI=1S/C17H15F3N4O3S/c1-2-21-16(28)23-22-10-11-3-6-13(7-4-11)27-15-8-5-12(17(18,19)20)9-14(15)24(25)26/h3-10H,2H2,1H3,(H2,21,23,28)/b22-10-. The lowest BCUT2D eigenvalue weighted by atomic mass is 10.2. The molecule has 148 valence electrons. The number of ether oxygens (including phenoxy) is 1. The first kappa shape index (κ1) is 21.1. The molecule has 0 aliphatic rings. The summed E-state index contributed by atoms with van der Waals surface area (Å²) in [6, 6.07) is 8.33. The summed E-state index contributed by atoms with van der Waals surface area (Å²) in [4.78, 5) is 10.2. The fraction of sp³-hybridized carbons (Fsp3) is 0.176. The molecule has 0 saturated heterocycles. The Morgan fingerprint density at radius 2 is 1.96 bits per heavy atom. The van der Waals surface area contributed by atoms with Crippen LogP contribution in [0.3, 0.4) is 0 Å². The van der Waals surface area contributed by atoms with Crippen molar-refractivity contribution in [2.75, 3.05) is 6.54 Å². The second kappa shape index (κ2) is 9.13. The van der Waals surface area contributed by atoms with Gasteiger partial charge in [-0.25, -0.2) is 0 Å². The third kappa shape index (κ3) is 5.91. The SMILES string of the molecule is CCNC(=S)N/N=C\c1ccc(Oc2ccc(C(F)(F)F)cc2[N+](=O)[O-])cc1. The molecule has 2 rings (SSSR count). The second-order valence-corrected chi connectivity index (χ2v) is 5.75. The van der Waals surface area contributed by atoms with Gasteiger partial charge in [0.2, 0.25) is 5.75 Å². The number of hydrazone groups is 1. The van der Waals surface area contributed by atoms with E-state index in [2.05, 4.69) is 15.8 Å². The van der Waals surface area contributed by atoms with Crippen LogP contribution < -0.4 is 15.5 Å². The number of hydrogen-bond donors (Lipinski definition) is 2. The number of halogens is 3. The van der Waals surface area contributed by atoms with Gasteiger partial charge in [-0.2, -0.15) is 18.3 Å².